The number of carbonyl (C=O) groups is 1. The van der Waals surface area contributed by atoms with Crippen LogP contribution in [0.25, 0.3) is 0 Å². The molecule has 1 aromatic carbocycles. The van der Waals surface area contributed by atoms with Gasteiger partial charge in [0, 0.05) is 10.7 Å². The molecule has 0 saturated heterocycles. The number of nitrogens with one attached hydrogen (secondary N) is 2. The second kappa shape index (κ2) is 5.16. The third-order valence-electron chi connectivity index (χ3n) is 2.56. The van der Waals surface area contributed by atoms with Crippen molar-refractivity contribution < 1.29 is 4.79 Å². The number of aromatic nitrogens is 1. The van der Waals surface area contributed by atoms with E-state index in [1.54, 1.807) is 12.3 Å². The van der Waals surface area contributed by atoms with Crippen molar-refractivity contribution in [2.45, 2.75) is 13.8 Å². The molecular weight excluding hydrogens is 316 g/mol. The maximum Gasteiger partial charge on any atom is 0.272 e. The van der Waals surface area contributed by atoms with Crippen LogP contribution in [0.15, 0.2) is 28.9 Å². The molecule has 0 fully saturated rings. The first-order valence-corrected chi connectivity index (χ1v) is 6.56. The van der Waals surface area contributed by atoms with E-state index in [0.717, 1.165) is 21.3 Å². The first-order chi connectivity index (χ1) is 8.47. The monoisotopic (exact) mass is 326 g/mol. The largest absolute Gasteiger partial charge is 0.356 e. The molecule has 1 aromatic heterocycles. The van der Waals surface area contributed by atoms with Gasteiger partial charge in [0.25, 0.3) is 5.91 Å². The van der Waals surface area contributed by atoms with Crippen molar-refractivity contribution in [3.8, 4) is 0 Å². The fraction of sp³-hybridized carbons (Fsp3) is 0.154. The number of amides is 1. The van der Waals surface area contributed by atoms with E-state index in [1.165, 1.54) is 0 Å². The number of anilines is 1. The Kier molecular flexibility index (Phi) is 3.78. The van der Waals surface area contributed by atoms with E-state index < -0.39 is 0 Å². The average Bonchev–Trinajstić information content (AvgIpc) is 2.70. The topological polar surface area (TPSA) is 44.9 Å². The van der Waals surface area contributed by atoms with Crippen LogP contribution in [0.2, 0.25) is 5.02 Å². The summed E-state index contributed by atoms with van der Waals surface area (Å²) < 4.78 is 0.867. The number of hydrogen-bond donors (Lipinski definition) is 2. The maximum atomic E-state index is 12.0. The SMILES string of the molecule is Cc1cc(C)c(NC(=O)c2cc(Cl)c[nH]2)c(Br)c1. The Labute approximate surface area is 119 Å². The van der Waals surface area contributed by atoms with Crippen molar-refractivity contribution >= 4 is 39.1 Å². The lowest BCUT2D eigenvalue weighted by Gasteiger charge is -2.11. The predicted octanol–water partition coefficient (Wildman–Crippen LogP) is 4.30. The van der Waals surface area contributed by atoms with E-state index >= 15 is 0 Å². The number of benzene rings is 1. The predicted molar refractivity (Wildman–Crippen MR) is 77.4 cm³/mol. The second-order valence-corrected chi connectivity index (χ2v) is 5.42. The molecule has 2 aromatic rings. The maximum absolute atomic E-state index is 12.0. The summed E-state index contributed by atoms with van der Waals surface area (Å²) in [5, 5.41) is 3.37. The Balaban J connectivity index is 2.27. The van der Waals surface area contributed by atoms with Crippen molar-refractivity contribution in [1.29, 1.82) is 0 Å². The molecular formula is C13H12BrClN2O. The molecule has 18 heavy (non-hydrogen) atoms. The van der Waals surface area contributed by atoms with Gasteiger partial charge in [-0.15, -0.1) is 0 Å². The average molecular weight is 328 g/mol. The molecule has 2 N–H and O–H groups in total. The van der Waals surface area contributed by atoms with E-state index in [2.05, 4.69) is 26.2 Å². The lowest BCUT2D eigenvalue weighted by molar-refractivity contribution is 0.102. The summed E-state index contributed by atoms with van der Waals surface area (Å²) in [6.45, 7) is 3.96. The summed E-state index contributed by atoms with van der Waals surface area (Å²) in [5.74, 6) is -0.213. The summed E-state index contributed by atoms with van der Waals surface area (Å²) in [4.78, 5) is 14.8. The first-order valence-electron chi connectivity index (χ1n) is 5.39. The smallest absolute Gasteiger partial charge is 0.272 e. The first kappa shape index (κ1) is 13.2. The molecule has 1 amide bonds. The molecule has 5 heteroatoms. The summed E-state index contributed by atoms with van der Waals surface area (Å²) in [7, 11) is 0. The third kappa shape index (κ3) is 2.76. The molecule has 0 aliphatic heterocycles. The molecule has 0 radical (unpaired) electrons. The van der Waals surface area contributed by atoms with E-state index in [9.17, 15) is 4.79 Å². The van der Waals surface area contributed by atoms with Crippen molar-refractivity contribution in [1.82, 2.24) is 4.98 Å². The zero-order chi connectivity index (χ0) is 13.3. The zero-order valence-corrected chi connectivity index (χ0v) is 12.3. The Morgan fingerprint density at radius 1 is 1.33 bits per heavy atom. The Bertz CT molecular complexity index is 584. The number of rotatable bonds is 2. The fourth-order valence-electron chi connectivity index (χ4n) is 1.75. The van der Waals surface area contributed by atoms with Gasteiger partial charge in [-0.2, -0.15) is 0 Å². The zero-order valence-electron chi connectivity index (χ0n) is 9.97. The highest BCUT2D eigenvalue weighted by Crippen LogP contribution is 2.28. The van der Waals surface area contributed by atoms with E-state index in [0.29, 0.717) is 10.7 Å². The van der Waals surface area contributed by atoms with Crippen molar-refractivity contribution in [3.05, 3.63) is 50.7 Å². The number of aryl methyl sites for hydroxylation is 2. The lowest BCUT2D eigenvalue weighted by Crippen LogP contribution is -2.13. The van der Waals surface area contributed by atoms with Gasteiger partial charge < -0.3 is 10.3 Å². The molecule has 0 saturated carbocycles. The van der Waals surface area contributed by atoms with Crippen LogP contribution >= 0.6 is 27.5 Å². The van der Waals surface area contributed by atoms with E-state index in [1.807, 2.05) is 26.0 Å². The summed E-state index contributed by atoms with van der Waals surface area (Å²) >= 11 is 9.22. The van der Waals surface area contributed by atoms with Crippen LogP contribution in [0, 0.1) is 13.8 Å². The molecule has 0 bridgehead atoms. The molecule has 2 rings (SSSR count). The number of carbonyl (C=O) groups excluding carboxylic acids is 1. The van der Waals surface area contributed by atoms with Gasteiger partial charge in [-0.05, 0) is 53.0 Å². The van der Waals surface area contributed by atoms with Crippen LogP contribution in [0.5, 0.6) is 0 Å². The lowest BCUT2D eigenvalue weighted by atomic mass is 10.1. The van der Waals surface area contributed by atoms with Gasteiger partial charge in [-0.3, -0.25) is 4.79 Å². The van der Waals surface area contributed by atoms with Crippen LogP contribution in [0.4, 0.5) is 5.69 Å². The van der Waals surface area contributed by atoms with Crippen molar-refractivity contribution in [3.63, 3.8) is 0 Å². The summed E-state index contributed by atoms with van der Waals surface area (Å²) in [6.07, 6.45) is 1.58. The third-order valence-corrected chi connectivity index (χ3v) is 3.41. The fourth-order valence-corrected chi connectivity index (χ4v) is 2.69. The number of halogens is 2. The standard InChI is InChI=1S/C13H12BrClN2O/c1-7-3-8(2)12(10(14)4-7)17-13(18)11-5-9(15)6-16-11/h3-6,16H,1-2H3,(H,17,18). The molecule has 0 aliphatic rings. The highest BCUT2D eigenvalue weighted by Gasteiger charge is 2.12. The van der Waals surface area contributed by atoms with E-state index in [4.69, 9.17) is 11.6 Å². The van der Waals surface area contributed by atoms with Crippen LogP contribution < -0.4 is 5.32 Å². The van der Waals surface area contributed by atoms with Gasteiger partial charge in [0.2, 0.25) is 0 Å². The quantitative estimate of drug-likeness (QED) is 0.848. The Morgan fingerprint density at radius 2 is 2.06 bits per heavy atom. The normalized spacial score (nSPS) is 10.4. The van der Waals surface area contributed by atoms with Gasteiger partial charge >= 0.3 is 0 Å². The number of hydrogen-bond acceptors (Lipinski definition) is 1. The molecule has 0 aliphatic carbocycles. The Hall–Kier alpha value is -1.26. The van der Waals surface area contributed by atoms with Gasteiger partial charge in [-0.25, -0.2) is 0 Å². The molecule has 1 heterocycles. The second-order valence-electron chi connectivity index (χ2n) is 4.12. The van der Waals surface area contributed by atoms with Crippen molar-refractivity contribution in [2.75, 3.05) is 5.32 Å². The molecule has 0 spiro atoms. The number of aromatic amines is 1. The summed E-state index contributed by atoms with van der Waals surface area (Å²) in [6, 6.07) is 5.57. The van der Waals surface area contributed by atoms with Crippen LogP contribution in [0.1, 0.15) is 21.6 Å². The number of H-pyrrole nitrogens is 1. The Morgan fingerprint density at radius 3 is 2.61 bits per heavy atom. The van der Waals surface area contributed by atoms with Crippen molar-refractivity contribution in [2.24, 2.45) is 0 Å². The summed E-state index contributed by atoms with van der Waals surface area (Å²) in [5.41, 5.74) is 3.36. The minimum absolute atomic E-state index is 0.213. The van der Waals surface area contributed by atoms with Crippen LogP contribution in [-0.4, -0.2) is 10.9 Å². The molecule has 3 nitrogen and oxygen atoms in total. The van der Waals surface area contributed by atoms with Gasteiger partial charge in [-0.1, -0.05) is 17.7 Å². The highest BCUT2D eigenvalue weighted by molar-refractivity contribution is 9.10. The minimum Gasteiger partial charge on any atom is -0.356 e. The molecule has 94 valence electrons. The minimum atomic E-state index is -0.213. The molecule has 0 atom stereocenters. The van der Waals surface area contributed by atoms with E-state index in [-0.39, 0.29) is 5.91 Å². The van der Waals surface area contributed by atoms with Crippen LogP contribution in [-0.2, 0) is 0 Å². The van der Waals surface area contributed by atoms with Crippen LogP contribution in [0.3, 0.4) is 0 Å². The molecule has 0 unspecified atom stereocenters. The van der Waals surface area contributed by atoms with Gasteiger partial charge in [0.1, 0.15) is 5.69 Å². The van der Waals surface area contributed by atoms with Gasteiger partial charge in [0.05, 0.1) is 10.7 Å². The highest BCUT2D eigenvalue weighted by atomic mass is 79.9. The van der Waals surface area contributed by atoms with Gasteiger partial charge in [0.15, 0.2) is 0 Å².